The summed E-state index contributed by atoms with van der Waals surface area (Å²) in [5, 5.41) is 4.10. The van der Waals surface area contributed by atoms with Crippen molar-refractivity contribution in [3.63, 3.8) is 0 Å². The summed E-state index contributed by atoms with van der Waals surface area (Å²) in [4.78, 5) is 9.43. The maximum absolute atomic E-state index is 6.18. The summed E-state index contributed by atoms with van der Waals surface area (Å²) < 4.78 is 0.883. The summed E-state index contributed by atoms with van der Waals surface area (Å²) in [6.07, 6.45) is 1.07. The number of rotatable bonds is 4. The standard InChI is InChI=1S/C15H15BrClN3S/c1-2-5-18-15-10-7-21-8-13(10)19-14(20-15)9-3-4-11(16)12(17)6-9/h3-4,6H,2,5,7-8H2,1H3,(H,18,19,20). The number of nitrogens with one attached hydrogen (secondary N) is 1. The van der Waals surface area contributed by atoms with Crippen LogP contribution in [0.2, 0.25) is 5.02 Å². The Kier molecular flexibility index (Phi) is 4.72. The Morgan fingerprint density at radius 3 is 2.95 bits per heavy atom. The number of benzene rings is 1. The van der Waals surface area contributed by atoms with Crippen molar-refractivity contribution in [2.24, 2.45) is 0 Å². The van der Waals surface area contributed by atoms with Gasteiger partial charge >= 0.3 is 0 Å². The maximum Gasteiger partial charge on any atom is 0.161 e. The molecule has 110 valence electrons. The van der Waals surface area contributed by atoms with Crippen molar-refractivity contribution < 1.29 is 0 Å². The summed E-state index contributed by atoms with van der Waals surface area (Å²) in [6, 6.07) is 5.82. The third kappa shape index (κ3) is 3.20. The molecule has 0 bridgehead atoms. The van der Waals surface area contributed by atoms with Crippen LogP contribution < -0.4 is 5.32 Å². The number of hydrogen-bond donors (Lipinski definition) is 1. The Bertz CT molecular complexity index is 678. The van der Waals surface area contributed by atoms with Crippen LogP contribution in [0.25, 0.3) is 11.4 Å². The highest BCUT2D eigenvalue weighted by molar-refractivity contribution is 9.10. The first-order valence-corrected chi connectivity index (χ1v) is 9.18. The molecule has 1 N–H and O–H groups in total. The third-order valence-corrected chi connectivity index (χ3v) is 5.50. The molecule has 0 amide bonds. The van der Waals surface area contributed by atoms with Gasteiger partial charge in [0.2, 0.25) is 0 Å². The largest absolute Gasteiger partial charge is 0.370 e. The first-order valence-electron chi connectivity index (χ1n) is 6.86. The molecule has 1 aliphatic heterocycles. The minimum absolute atomic E-state index is 0.675. The van der Waals surface area contributed by atoms with Gasteiger partial charge in [-0.05, 0) is 40.5 Å². The third-order valence-electron chi connectivity index (χ3n) is 3.30. The molecule has 21 heavy (non-hydrogen) atoms. The highest BCUT2D eigenvalue weighted by Gasteiger charge is 2.20. The topological polar surface area (TPSA) is 37.8 Å². The van der Waals surface area contributed by atoms with Crippen LogP contribution >= 0.6 is 39.3 Å². The Labute approximate surface area is 142 Å². The predicted octanol–water partition coefficient (Wildman–Crippen LogP) is 5.13. The average molecular weight is 385 g/mol. The van der Waals surface area contributed by atoms with Gasteiger partial charge in [-0.25, -0.2) is 9.97 Å². The van der Waals surface area contributed by atoms with Gasteiger partial charge in [0.1, 0.15) is 5.82 Å². The monoisotopic (exact) mass is 383 g/mol. The summed E-state index contributed by atoms with van der Waals surface area (Å²) in [5.41, 5.74) is 3.34. The molecular formula is C15H15BrClN3S. The molecular weight excluding hydrogens is 370 g/mol. The zero-order valence-electron chi connectivity index (χ0n) is 11.6. The lowest BCUT2D eigenvalue weighted by atomic mass is 10.2. The summed E-state index contributed by atoms with van der Waals surface area (Å²) in [5.74, 6) is 3.66. The Morgan fingerprint density at radius 1 is 1.33 bits per heavy atom. The van der Waals surface area contributed by atoms with Crippen LogP contribution in [-0.2, 0) is 11.5 Å². The number of aromatic nitrogens is 2. The zero-order chi connectivity index (χ0) is 14.8. The number of hydrogen-bond acceptors (Lipinski definition) is 4. The van der Waals surface area contributed by atoms with Gasteiger partial charge in [0, 0.05) is 33.7 Å². The molecule has 1 aromatic carbocycles. The normalized spacial score (nSPS) is 13.3. The fourth-order valence-electron chi connectivity index (χ4n) is 2.21. The molecule has 1 aliphatic rings. The van der Waals surface area contributed by atoms with Crippen molar-refractivity contribution in [3.8, 4) is 11.4 Å². The van der Waals surface area contributed by atoms with Crippen LogP contribution in [-0.4, -0.2) is 16.5 Å². The van der Waals surface area contributed by atoms with Crippen molar-refractivity contribution >= 4 is 45.1 Å². The van der Waals surface area contributed by atoms with E-state index < -0.39 is 0 Å². The van der Waals surface area contributed by atoms with Gasteiger partial charge in [0.25, 0.3) is 0 Å². The fraction of sp³-hybridized carbons (Fsp3) is 0.333. The lowest BCUT2D eigenvalue weighted by Crippen LogP contribution is -2.08. The Balaban J connectivity index is 2.04. The highest BCUT2D eigenvalue weighted by atomic mass is 79.9. The molecule has 0 unspecified atom stereocenters. The van der Waals surface area contributed by atoms with Gasteiger partial charge in [0.15, 0.2) is 5.82 Å². The first kappa shape index (κ1) is 15.1. The van der Waals surface area contributed by atoms with Crippen LogP contribution in [0.15, 0.2) is 22.7 Å². The molecule has 0 saturated carbocycles. The van der Waals surface area contributed by atoms with E-state index in [-0.39, 0.29) is 0 Å². The van der Waals surface area contributed by atoms with Gasteiger partial charge in [-0.15, -0.1) is 0 Å². The predicted molar refractivity (Wildman–Crippen MR) is 94.0 cm³/mol. The van der Waals surface area contributed by atoms with E-state index in [1.165, 1.54) is 5.56 Å². The van der Waals surface area contributed by atoms with Gasteiger partial charge in [-0.3, -0.25) is 0 Å². The fourth-order valence-corrected chi connectivity index (χ4v) is 3.67. The maximum atomic E-state index is 6.18. The van der Waals surface area contributed by atoms with Gasteiger partial charge in [-0.1, -0.05) is 18.5 Å². The van der Waals surface area contributed by atoms with Crippen LogP contribution in [0.3, 0.4) is 0 Å². The van der Waals surface area contributed by atoms with E-state index in [2.05, 4.69) is 28.2 Å². The van der Waals surface area contributed by atoms with Gasteiger partial charge < -0.3 is 5.32 Å². The van der Waals surface area contributed by atoms with E-state index in [0.29, 0.717) is 5.02 Å². The second kappa shape index (κ2) is 6.55. The summed E-state index contributed by atoms with van der Waals surface area (Å²) in [7, 11) is 0. The molecule has 1 aromatic heterocycles. The van der Waals surface area contributed by atoms with Crippen molar-refractivity contribution in [2.45, 2.75) is 24.9 Å². The molecule has 0 saturated heterocycles. The highest BCUT2D eigenvalue weighted by Crippen LogP contribution is 2.35. The van der Waals surface area contributed by atoms with Crippen molar-refractivity contribution in [1.29, 1.82) is 0 Å². The molecule has 6 heteroatoms. The van der Waals surface area contributed by atoms with E-state index in [9.17, 15) is 0 Å². The summed E-state index contributed by atoms with van der Waals surface area (Å²) in [6.45, 7) is 3.08. The van der Waals surface area contributed by atoms with Crippen LogP contribution in [0.5, 0.6) is 0 Å². The molecule has 2 heterocycles. The Morgan fingerprint density at radius 2 is 2.19 bits per heavy atom. The molecule has 0 atom stereocenters. The lowest BCUT2D eigenvalue weighted by molar-refractivity contribution is 0.955. The number of thioether (sulfide) groups is 1. The smallest absolute Gasteiger partial charge is 0.161 e. The molecule has 0 fully saturated rings. The SMILES string of the molecule is CCCNc1nc(-c2ccc(Br)c(Cl)c2)nc2c1CSC2. The van der Waals surface area contributed by atoms with Crippen molar-refractivity contribution in [2.75, 3.05) is 11.9 Å². The molecule has 2 aromatic rings. The van der Waals surface area contributed by atoms with Crippen molar-refractivity contribution in [1.82, 2.24) is 9.97 Å². The van der Waals surface area contributed by atoms with E-state index in [4.69, 9.17) is 21.6 Å². The van der Waals surface area contributed by atoms with E-state index in [0.717, 1.165) is 51.8 Å². The van der Waals surface area contributed by atoms with E-state index >= 15 is 0 Å². The summed E-state index contributed by atoms with van der Waals surface area (Å²) >= 11 is 11.5. The van der Waals surface area contributed by atoms with Crippen LogP contribution in [0, 0.1) is 0 Å². The van der Waals surface area contributed by atoms with Gasteiger partial charge in [-0.2, -0.15) is 11.8 Å². The number of anilines is 1. The number of nitrogens with zero attached hydrogens (tertiary/aromatic N) is 2. The second-order valence-electron chi connectivity index (χ2n) is 4.87. The quantitative estimate of drug-likeness (QED) is 0.793. The first-order chi connectivity index (χ1) is 10.2. The zero-order valence-corrected chi connectivity index (χ0v) is 14.8. The van der Waals surface area contributed by atoms with E-state index in [1.807, 2.05) is 30.0 Å². The van der Waals surface area contributed by atoms with Crippen LogP contribution in [0.1, 0.15) is 24.6 Å². The number of fused-ring (bicyclic) bond motifs is 1. The van der Waals surface area contributed by atoms with Crippen molar-refractivity contribution in [3.05, 3.63) is 39.0 Å². The van der Waals surface area contributed by atoms with Gasteiger partial charge in [0.05, 0.1) is 10.7 Å². The average Bonchev–Trinajstić information content (AvgIpc) is 2.96. The van der Waals surface area contributed by atoms with Crippen LogP contribution in [0.4, 0.5) is 5.82 Å². The minimum atomic E-state index is 0.675. The number of halogens is 2. The molecule has 3 nitrogen and oxygen atoms in total. The molecule has 0 spiro atoms. The van der Waals surface area contributed by atoms with E-state index in [1.54, 1.807) is 0 Å². The molecule has 0 aliphatic carbocycles. The molecule has 3 rings (SSSR count). The lowest BCUT2D eigenvalue weighted by Gasteiger charge is -2.11. The minimum Gasteiger partial charge on any atom is -0.370 e. The second-order valence-corrected chi connectivity index (χ2v) is 7.12. The molecule has 0 radical (unpaired) electrons. The Hall–Kier alpha value is -0.780.